The molecule has 5 nitrogen and oxygen atoms in total. The molecule has 26 heavy (non-hydrogen) atoms. The van der Waals surface area contributed by atoms with Gasteiger partial charge in [-0.2, -0.15) is 8.78 Å². The Labute approximate surface area is 158 Å². The van der Waals surface area contributed by atoms with Gasteiger partial charge in [-0.15, -0.1) is 12.4 Å². The van der Waals surface area contributed by atoms with Gasteiger partial charge in [0.15, 0.2) is 11.5 Å². The lowest BCUT2D eigenvalue weighted by atomic mass is 9.92. The number of piperidine rings is 1. The molecule has 1 aliphatic heterocycles. The van der Waals surface area contributed by atoms with E-state index in [9.17, 15) is 13.6 Å². The quantitative estimate of drug-likeness (QED) is 0.751. The third kappa shape index (κ3) is 4.76. The zero-order valence-corrected chi connectivity index (χ0v) is 15.5. The first-order valence-corrected chi connectivity index (χ1v) is 8.64. The fourth-order valence-electron chi connectivity index (χ4n) is 3.71. The molecule has 1 aromatic rings. The van der Waals surface area contributed by atoms with Crippen molar-refractivity contribution in [2.24, 2.45) is 11.3 Å². The Morgan fingerprint density at radius 1 is 1.35 bits per heavy atom. The Kier molecular flexibility index (Phi) is 7.06. The van der Waals surface area contributed by atoms with Crippen molar-refractivity contribution in [3.05, 3.63) is 23.8 Å². The minimum Gasteiger partial charge on any atom is -0.493 e. The third-order valence-electron chi connectivity index (χ3n) is 5.26. The van der Waals surface area contributed by atoms with Crippen LogP contribution in [0.15, 0.2) is 18.2 Å². The van der Waals surface area contributed by atoms with Crippen LogP contribution in [-0.4, -0.2) is 39.3 Å². The number of benzene rings is 1. The molecular weight excluding hydrogens is 366 g/mol. The number of hydrogen-bond acceptors (Lipinski definition) is 4. The van der Waals surface area contributed by atoms with Crippen LogP contribution in [0.2, 0.25) is 0 Å². The standard InChI is InChI=1S/C18H24F2N2O3.ClH/c1-24-14-3-2-12(10-15(14)25-17(19)20)4-7-22-16(23)13-11-18(13)5-8-21-9-6-18;/h2-3,10,13,17,21H,4-9,11H2,1H3,(H,22,23);1H. The van der Waals surface area contributed by atoms with Gasteiger partial charge in [0.2, 0.25) is 5.91 Å². The lowest BCUT2D eigenvalue weighted by Crippen LogP contribution is -2.34. The third-order valence-corrected chi connectivity index (χ3v) is 5.26. The smallest absolute Gasteiger partial charge is 0.387 e. The van der Waals surface area contributed by atoms with Crippen LogP contribution in [0.3, 0.4) is 0 Å². The molecule has 1 saturated heterocycles. The van der Waals surface area contributed by atoms with Gasteiger partial charge in [0.25, 0.3) is 0 Å². The van der Waals surface area contributed by atoms with E-state index in [4.69, 9.17) is 4.74 Å². The maximum atomic E-state index is 12.5. The molecule has 1 aromatic carbocycles. The monoisotopic (exact) mass is 390 g/mol. The second-order valence-corrected chi connectivity index (χ2v) is 6.77. The minimum atomic E-state index is -2.90. The summed E-state index contributed by atoms with van der Waals surface area (Å²) in [6.07, 6.45) is 3.67. The highest BCUT2D eigenvalue weighted by molar-refractivity contribution is 5.85. The summed E-state index contributed by atoms with van der Waals surface area (Å²) in [7, 11) is 1.40. The Balaban J connectivity index is 0.00000243. The summed E-state index contributed by atoms with van der Waals surface area (Å²) in [6.45, 7) is -0.449. The summed E-state index contributed by atoms with van der Waals surface area (Å²) < 4.78 is 34.4. The molecule has 0 aromatic heterocycles. The lowest BCUT2D eigenvalue weighted by molar-refractivity contribution is -0.123. The fourth-order valence-corrected chi connectivity index (χ4v) is 3.71. The van der Waals surface area contributed by atoms with Gasteiger partial charge in [0.05, 0.1) is 7.11 Å². The number of ether oxygens (including phenoxy) is 2. The molecule has 0 radical (unpaired) electrons. The highest BCUT2D eigenvalue weighted by atomic mass is 35.5. The average Bonchev–Trinajstić information content (AvgIpc) is 3.28. The molecular formula is C18H25ClF2N2O3. The van der Waals surface area contributed by atoms with Crippen molar-refractivity contribution in [1.29, 1.82) is 0 Å². The first-order valence-electron chi connectivity index (χ1n) is 8.64. The summed E-state index contributed by atoms with van der Waals surface area (Å²) >= 11 is 0. The predicted molar refractivity (Wildman–Crippen MR) is 96.2 cm³/mol. The lowest BCUT2D eigenvalue weighted by Gasteiger charge is -2.23. The number of amides is 1. The maximum Gasteiger partial charge on any atom is 0.387 e. The van der Waals surface area contributed by atoms with E-state index in [1.54, 1.807) is 12.1 Å². The van der Waals surface area contributed by atoms with Crippen LogP contribution in [0.25, 0.3) is 0 Å². The van der Waals surface area contributed by atoms with Crippen LogP contribution in [0.4, 0.5) is 8.78 Å². The van der Waals surface area contributed by atoms with Crippen molar-refractivity contribution in [1.82, 2.24) is 10.6 Å². The van der Waals surface area contributed by atoms with Gasteiger partial charge in [0, 0.05) is 12.5 Å². The van der Waals surface area contributed by atoms with E-state index in [0.29, 0.717) is 13.0 Å². The summed E-state index contributed by atoms with van der Waals surface area (Å²) in [5.74, 6) is 0.513. The van der Waals surface area contributed by atoms with Crippen LogP contribution in [0, 0.1) is 11.3 Å². The molecule has 0 bridgehead atoms. The zero-order chi connectivity index (χ0) is 17.9. The van der Waals surface area contributed by atoms with Crippen LogP contribution >= 0.6 is 12.4 Å². The topological polar surface area (TPSA) is 59.6 Å². The number of carbonyl (C=O) groups excluding carboxylic acids is 1. The Hall–Kier alpha value is -1.60. The van der Waals surface area contributed by atoms with Crippen molar-refractivity contribution in [3.8, 4) is 11.5 Å². The molecule has 1 amide bonds. The van der Waals surface area contributed by atoms with E-state index in [1.807, 2.05) is 0 Å². The number of hydrogen-bond donors (Lipinski definition) is 2. The predicted octanol–water partition coefficient (Wildman–Crippen LogP) is 2.77. The first-order chi connectivity index (χ1) is 12.0. The van der Waals surface area contributed by atoms with Gasteiger partial charge in [-0.05, 0) is 61.9 Å². The number of carbonyl (C=O) groups is 1. The van der Waals surface area contributed by atoms with Gasteiger partial charge in [0.1, 0.15) is 0 Å². The number of methoxy groups -OCH3 is 1. The second kappa shape index (κ2) is 8.86. The Morgan fingerprint density at radius 3 is 2.73 bits per heavy atom. The van der Waals surface area contributed by atoms with Crippen molar-refractivity contribution >= 4 is 18.3 Å². The van der Waals surface area contributed by atoms with Crippen molar-refractivity contribution in [3.63, 3.8) is 0 Å². The van der Waals surface area contributed by atoms with E-state index < -0.39 is 6.61 Å². The fraction of sp³-hybridized carbons (Fsp3) is 0.611. The molecule has 146 valence electrons. The van der Waals surface area contributed by atoms with E-state index in [0.717, 1.165) is 37.9 Å². The largest absolute Gasteiger partial charge is 0.493 e. The van der Waals surface area contributed by atoms with E-state index in [1.165, 1.54) is 13.2 Å². The first kappa shape index (κ1) is 20.7. The Morgan fingerprint density at radius 2 is 2.08 bits per heavy atom. The number of rotatable bonds is 7. The summed E-state index contributed by atoms with van der Waals surface area (Å²) in [5.41, 5.74) is 1.03. The molecule has 2 fully saturated rings. The highest BCUT2D eigenvalue weighted by Crippen LogP contribution is 2.58. The number of alkyl halides is 2. The summed E-state index contributed by atoms with van der Waals surface area (Å²) in [5, 5.41) is 6.30. The van der Waals surface area contributed by atoms with E-state index in [2.05, 4.69) is 15.4 Å². The minimum absolute atomic E-state index is 0. The van der Waals surface area contributed by atoms with Crippen molar-refractivity contribution in [2.45, 2.75) is 32.3 Å². The molecule has 3 rings (SSSR count). The normalized spacial score (nSPS) is 20.4. The van der Waals surface area contributed by atoms with Gasteiger partial charge >= 0.3 is 6.61 Å². The van der Waals surface area contributed by atoms with Crippen molar-refractivity contribution < 1.29 is 23.0 Å². The molecule has 1 atom stereocenters. The maximum absolute atomic E-state index is 12.5. The molecule has 1 saturated carbocycles. The molecule has 1 aliphatic carbocycles. The van der Waals surface area contributed by atoms with E-state index in [-0.39, 0.29) is 41.1 Å². The van der Waals surface area contributed by atoms with Crippen LogP contribution in [-0.2, 0) is 11.2 Å². The van der Waals surface area contributed by atoms with Gasteiger partial charge in [-0.3, -0.25) is 4.79 Å². The molecule has 1 spiro atoms. The summed E-state index contributed by atoms with van der Waals surface area (Å²) in [4.78, 5) is 12.3. The molecule has 2 N–H and O–H groups in total. The molecule has 1 unspecified atom stereocenters. The van der Waals surface area contributed by atoms with Crippen LogP contribution in [0.5, 0.6) is 11.5 Å². The van der Waals surface area contributed by atoms with E-state index >= 15 is 0 Å². The van der Waals surface area contributed by atoms with Crippen LogP contribution in [0.1, 0.15) is 24.8 Å². The van der Waals surface area contributed by atoms with Crippen LogP contribution < -0.4 is 20.1 Å². The molecule has 2 aliphatic rings. The Bertz CT molecular complexity index is 624. The van der Waals surface area contributed by atoms with Gasteiger partial charge < -0.3 is 20.1 Å². The number of nitrogens with one attached hydrogen (secondary N) is 2. The second-order valence-electron chi connectivity index (χ2n) is 6.77. The van der Waals surface area contributed by atoms with Crippen molar-refractivity contribution in [2.75, 3.05) is 26.7 Å². The number of halogens is 3. The summed E-state index contributed by atoms with van der Waals surface area (Å²) in [6, 6.07) is 4.91. The van der Waals surface area contributed by atoms with Gasteiger partial charge in [-0.25, -0.2) is 0 Å². The zero-order valence-electron chi connectivity index (χ0n) is 14.7. The molecule has 8 heteroatoms. The molecule has 1 heterocycles. The highest BCUT2D eigenvalue weighted by Gasteiger charge is 2.57. The SMILES string of the molecule is COc1ccc(CCNC(=O)C2CC23CCNCC3)cc1OC(F)F.Cl. The average molecular weight is 391 g/mol. The van der Waals surface area contributed by atoms with Gasteiger partial charge in [-0.1, -0.05) is 6.07 Å².